The number of fused-ring (bicyclic) bond motifs is 3. The second kappa shape index (κ2) is 3.87. The van der Waals surface area contributed by atoms with E-state index in [0.717, 1.165) is 10.4 Å². The van der Waals surface area contributed by atoms with Crippen molar-refractivity contribution in [1.82, 2.24) is 9.88 Å². The zero-order chi connectivity index (χ0) is 10.3. The summed E-state index contributed by atoms with van der Waals surface area (Å²) in [5.41, 5.74) is 1.38. The fourth-order valence-electron chi connectivity index (χ4n) is 2.92. The van der Waals surface area contributed by atoms with Crippen LogP contribution in [0.2, 0.25) is 0 Å². The minimum absolute atomic E-state index is 0.627. The molecule has 0 aliphatic carbocycles. The summed E-state index contributed by atoms with van der Waals surface area (Å²) in [7, 11) is 0. The van der Waals surface area contributed by atoms with E-state index in [9.17, 15) is 0 Å². The van der Waals surface area contributed by atoms with Crippen LogP contribution in [0.15, 0.2) is 22.9 Å². The lowest BCUT2D eigenvalue weighted by molar-refractivity contribution is 0.0488. The number of hydrogen-bond donors (Lipinski definition) is 0. The molecular formula is C12H15BrN2. The van der Waals surface area contributed by atoms with Gasteiger partial charge in [0, 0.05) is 22.9 Å². The number of aromatic nitrogens is 1. The van der Waals surface area contributed by atoms with Gasteiger partial charge < -0.3 is 0 Å². The Hall–Kier alpha value is -0.410. The highest BCUT2D eigenvalue weighted by Crippen LogP contribution is 2.40. The zero-order valence-electron chi connectivity index (χ0n) is 8.69. The summed E-state index contributed by atoms with van der Waals surface area (Å²) >= 11 is 3.50. The molecule has 3 aliphatic rings. The summed E-state index contributed by atoms with van der Waals surface area (Å²) in [5, 5.41) is 0. The molecule has 80 valence electrons. The molecule has 4 heterocycles. The Morgan fingerprint density at radius 1 is 1.27 bits per heavy atom. The normalized spacial score (nSPS) is 34.3. The molecule has 0 aromatic carbocycles. The van der Waals surface area contributed by atoms with Crippen molar-refractivity contribution < 1.29 is 0 Å². The third kappa shape index (κ3) is 1.83. The van der Waals surface area contributed by atoms with Crippen molar-refractivity contribution >= 4 is 15.9 Å². The third-order valence-corrected chi connectivity index (χ3v) is 4.19. The van der Waals surface area contributed by atoms with Crippen LogP contribution in [0.3, 0.4) is 0 Å². The first-order chi connectivity index (χ1) is 7.33. The number of pyridine rings is 1. The van der Waals surface area contributed by atoms with Crippen LogP contribution in [0.1, 0.15) is 30.9 Å². The van der Waals surface area contributed by atoms with Gasteiger partial charge in [-0.25, -0.2) is 0 Å². The summed E-state index contributed by atoms with van der Waals surface area (Å²) in [6, 6.07) is 2.85. The van der Waals surface area contributed by atoms with E-state index in [1.54, 1.807) is 0 Å². The molecule has 1 atom stereocenters. The highest BCUT2D eigenvalue weighted by Gasteiger charge is 2.34. The first-order valence-electron chi connectivity index (χ1n) is 5.67. The van der Waals surface area contributed by atoms with E-state index in [1.165, 1.54) is 37.9 Å². The SMILES string of the molecule is Brc1cncc([C@H]2CC3CCN2CC3)c1. The summed E-state index contributed by atoms with van der Waals surface area (Å²) < 4.78 is 1.10. The Kier molecular flexibility index (Phi) is 2.53. The van der Waals surface area contributed by atoms with Gasteiger partial charge in [0.1, 0.15) is 0 Å². The molecular weight excluding hydrogens is 252 g/mol. The lowest BCUT2D eigenvalue weighted by atomic mass is 9.81. The van der Waals surface area contributed by atoms with E-state index in [-0.39, 0.29) is 0 Å². The molecule has 3 aliphatic heterocycles. The minimum atomic E-state index is 0.627. The maximum Gasteiger partial charge on any atom is 0.0410 e. The van der Waals surface area contributed by atoms with E-state index in [4.69, 9.17) is 0 Å². The Morgan fingerprint density at radius 3 is 2.67 bits per heavy atom. The average Bonchev–Trinajstić information content (AvgIpc) is 2.30. The van der Waals surface area contributed by atoms with E-state index in [2.05, 4.69) is 31.9 Å². The van der Waals surface area contributed by atoms with E-state index in [0.29, 0.717) is 6.04 Å². The van der Waals surface area contributed by atoms with Gasteiger partial charge in [0.25, 0.3) is 0 Å². The van der Waals surface area contributed by atoms with Crippen LogP contribution < -0.4 is 0 Å². The molecule has 0 radical (unpaired) electrons. The molecule has 2 nitrogen and oxygen atoms in total. The van der Waals surface area contributed by atoms with Gasteiger partial charge in [-0.15, -0.1) is 0 Å². The van der Waals surface area contributed by atoms with Crippen molar-refractivity contribution in [2.45, 2.75) is 25.3 Å². The van der Waals surface area contributed by atoms with Crippen molar-refractivity contribution in [1.29, 1.82) is 0 Å². The largest absolute Gasteiger partial charge is 0.296 e. The molecule has 0 N–H and O–H groups in total. The van der Waals surface area contributed by atoms with Crippen LogP contribution in [-0.2, 0) is 0 Å². The number of piperidine rings is 3. The Labute approximate surface area is 98.8 Å². The van der Waals surface area contributed by atoms with E-state index >= 15 is 0 Å². The standard InChI is InChI=1S/C12H15BrN2/c13-11-6-10(7-14-8-11)12-5-9-1-3-15(12)4-2-9/h6-9,12H,1-5H2/t12-/m1/s1. The van der Waals surface area contributed by atoms with Gasteiger partial charge >= 0.3 is 0 Å². The van der Waals surface area contributed by atoms with Crippen LogP contribution in [0, 0.1) is 5.92 Å². The molecule has 4 rings (SSSR count). The number of rotatable bonds is 1. The van der Waals surface area contributed by atoms with E-state index < -0.39 is 0 Å². The predicted molar refractivity (Wildman–Crippen MR) is 63.6 cm³/mol. The van der Waals surface area contributed by atoms with Crippen molar-refractivity contribution in [3.8, 4) is 0 Å². The van der Waals surface area contributed by atoms with Crippen molar-refractivity contribution in [3.63, 3.8) is 0 Å². The molecule has 15 heavy (non-hydrogen) atoms. The molecule has 3 fully saturated rings. The van der Waals surface area contributed by atoms with Gasteiger partial charge in [0.05, 0.1) is 0 Å². The molecule has 0 saturated carbocycles. The lowest BCUT2D eigenvalue weighted by Gasteiger charge is -2.45. The van der Waals surface area contributed by atoms with Gasteiger partial charge in [-0.2, -0.15) is 0 Å². The highest BCUT2D eigenvalue weighted by molar-refractivity contribution is 9.10. The number of halogens is 1. The second-order valence-corrected chi connectivity index (χ2v) is 5.58. The molecule has 1 aromatic heterocycles. The predicted octanol–water partition coefficient (Wildman–Crippen LogP) is 3.00. The first-order valence-corrected chi connectivity index (χ1v) is 6.47. The lowest BCUT2D eigenvalue weighted by Crippen LogP contribution is -2.43. The van der Waals surface area contributed by atoms with Crippen LogP contribution in [-0.4, -0.2) is 23.0 Å². The molecule has 0 amide bonds. The molecule has 3 saturated heterocycles. The molecule has 0 unspecified atom stereocenters. The number of hydrogen-bond acceptors (Lipinski definition) is 2. The average molecular weight is 267 g/mol. The van der Waals surface area contributed by atoms with Crippen molar-refractivity contribution in [2.24, 2.45) is 5.92 Å². The smallest absolute Gasteiger partial charge is 0.0410 e. The molecule has 2 bridgehead atoms. The van der Waals surface area contributed by atoms with Crippen LogP contribution in [0.25, 0.3) is 0 Å². The molecule has 1 aromatic rings. The van der Waals surface area contributed by atoms with Gasteiger partial charge in [-0.05, 0) is 65.8 Å². The van der Waals surface area contributed by atoms with Gasteiger partial charge in [0.15, 0.2) is 0 Å². The minimum Gasteiger partial charge on any atom is -0.296 e. The Balaban J connectivity index is 1.88. The molecule has 3 heteroatoms. The Bertz CT molecular complexity index is 358. The topological polar surface area (TPSA) is 16.1 Å². The summed E-state index contributed by atoms with van der Waals surface area (Å²) in [5.74, 6) is 0.957. The summed E-state index contributed by atoms with van der Waals surface area (Å²) in [6.45, 7) is 2.56. The van der Waals surface area contributed by atoms with Crippen molar-refractivity contribution in [2.75, 3.05) is 13.1 Å². The molecule has 0 spiro atoms. The fourth-order valence-corrected chi connectivity index (χ4v) is 3.31. The fraction of sp³-hybridized carbons (Fsp3) is 0.583. The Morgan fingerprint density at radius 2 is 2.07 bits per heavy atom. The third-order valence-electron chi connectivity index (χ3n) is 3.76. The maximum absolute atomic E-state index is 4.27. The van der Waals surface area contributed by atoms with Crippen LogP contribution in [0.4, 0.5) is 0 Å². The highest BCUT2D eigenvalue weighted by atomic mass is 79.9. The first kappa shape index (κ1) is 9.79. The van der Waals surface area contributed by atoms with Gasteiger partial charge in [-0.1, -0.05) is 0 Å². The number of nitrogens with zero attached hydrogens (tertiary/aromatic N) is 2. The van der Waals surface area contributed by atoms with Crippen LogP contribution >= 0.6 is 15.9 Å². The quantitative estimate of drug-likeness (QED) is 0.777. The van der Waals surface area contributed by atoms with Crippen LogP contribution in [0.5, 0.6) is 0 Å². The van der Waals surface area contributed by atoms with E-state index in [1.807, 2.05) is 12.4 Å². The van der Waals surface area contributed by atoms with Crippen molar-refractivity contribution in [3.05, 3.63) is 28.5 Å². The zero-order valence-corrected chi connectivity index (χ0v) is 10.3. The summed E-state index contributed by atoms with van der Waals surface area (Å²) in [4.78, 5) is 6.88. The van der Waals surface area contributed by atoms with Gasteiger partial charge in [-0.3, -0.25) is 9.88 Å². The second-order valence-electron chi connectivity index (χ2n) is 4.67. The van der Waals surface area contributed by atoms with Gasteiger partial charge in [0.2, 0.25) is 0 Å². The monoisotopic (exact) mass is 266 g/mol. The maximum atomic E-state index is 4.27. The summed E-state index contributed by atoms with van der Waals surface area (Å²) in [6.07, 6.45) is 8.02.